The van der Waals surface area contributed by atoms with Crippen molar-refractivity contribution in [2.45, 2.75) is 52.0 Å². The third-order valence-corrected chi connectivity index (χ3v) is 5.79. The summed E-state index contributed by atoms with van der Waals surface area (Å²) < 4.78 is 1.90. The summed E-state index contributed by atoms with van der Waals surface area (Å²) in [5.74, 6) is 1.13. The fraction of sp³-hybridized carbons (Fsp3) is 0.476. The van der Waals surface area contributed by atoms with Crippen LogP contribution in [-0.2, 0) is 18.3 Å². The molecule has 0 saturated carbocycles. The van der Waals surface area contributed by atoms with Crippen molar-refractivity contribution in [3.05, 3.63) is 47.0 Å². The zero-order valence-electron chi connectivity index (χ0n) is 16.3. The largest absolute Gasteiger partial charge is 0.340 e. The van der Waals surface area contributed by atoms with Crippen molar-refractivity contribution >= 4 is 16.9 Å². The van der Waals surface area contributed by atoms with E-state index in [0.717, 1.165) is 60.5 Å². The minimum absolute atomic E-state index is 0.0507. The lowest BCUT2D eigenvalue weighted by molar-refractivity contribution is -0.135. The molecule has 1 amide bonds. The molecule has 0 aliphatic carbocycles. The van der Waals surface area contributed by atoms with E-state index in [0.29, 0.717) is 6.42 Å². The Bertz CT molecular complexity index is 937. The van der Waals surface area contributed by atoms with E-state index in [1.54, 1.807) is 0 Å². The van der Waals surface area contributed by atoms with Crippen LogP contribution in [-0.4, -0.2) is 37.1 Å². The second kappa shape index (κ2) is 7.18. The number of carbonyl (C=O) groups excluding carboxylic acids is 1. The fourth-order valence-corrected chi connectivity index (χ4v) is 4.20. The van der Waals surface area contributed by atoms with Gasteiger partial charge in [0.25, 0.3) is 0 Å². The Hall–Kier alpha value is -2.63. The molecule has 6 nitrogen and oxygen atoms in total. The molecule has 0 radical (unpaired) electrons. The number of hydrogen-bond acceptors (Lipinski definition) is 3. The number of imidazole rings is 1. The molecule has 6 heteroatoms. The first-order valence-corrected chi connectivity index (χ1v) is 9.78. The molecule has 4 rings (SSSR count). The highest BCUT2D eigenvalue weighted by Crippen LogP contribution is 2.31. The molecule has 1 aromatic carbocycles. The number of likely N-dealkylation sites (tertiary alicyclic amines) is 1. The number of aryl methyl sites for hydroxylation is 2. The van der Waals surface area contributed by atoms with E-state index in [1.807, 2.05) is 47.8 Å². The van der Waals surface area contributed by atoms with Gasteiger partial charge in [0.15, 0.2) is 0 Å². The monoisotopic (exact) mass is 365 g/mol. The van der Waals surface area contributed by atoms with Crippen LogP contribution in [0.1, 0.15) is 54.5 Å². The molecule has 1 saturated heterocycles. The van der Waals surface area contributed by atoms with E-state index in [4.69, 9.17) is 4.98 Å². The molecule has 3 aromatic rings. The van der Waals surface area contributed by atoms with Crippen LogP contribution in [0.2, 0.25) is 0 Å². The SMILES string of the molecule is Cc1nn(C)c(C)c1CCC(=O)N1CCCCC1c1nc2ccccc2[nH]1. The Kier molecular flexibility index (Phi) is 4.72. The highest BCUT2D eigenvalue weighted by atomic mass is 16.2. The number of H-pyrrole nitrogens is 1. The zero-order chi connectivity index (χ0) is 19.0. The van der Waals surface area contributed by atoms with Crippen molar-refractivity contribution in [2.75, 3.05) is 6.54 Å². The summed E-state index contributed by atoms with van der Waals surface area (Å²) in [5.41, 5.74) is 5.37. The number of aromatic nitrogens is 4. The number of carbonyl (C=O) groups is 1. The lowest BCUT2D eigenvalue weighted by Crippen LogP contribution is -2.39. The Balaban J connectivity index is 1.52. The number of nitrogens with zero attached hydrogens (tertiary/aromatic N) is 4. The molecule has 2 aromatic heterocycles. The first-order chi connectivity index (χ1) is 13.0. The van der Waals surface area contributed by atoms with E-state index in [9.17, 15) is 4.79 Å². The van der Waals surface area contributed by atoms with Crippen molar-refractivity contribution in [1.82, 2.24) is 24.6 Å². The number of piperidine rings is 1. The maximum Gasteiger partial charge on any atom is 0.223 e. The molecule has 1 N–H and O–H groups in total. The lowest BCUT2D eigenvalue weighted by Gasteiger charge is -2.34. The zero-order valence-corrected chi connectivity index (χ0v) is 16.3. The minimum Gasteiger partial charge on any atom is -0.340 e. The van der Waals surface area contributed by atoms with Crippen molar-refractivity contribution in [1.29, 1.82) is 0 Å². The van der Waals surface area contributed by atoms with Crippen LogP contribution in [0.3, 0.4) is 0 Å². The highest BCUT2D eigenvalue weighted by molar-refractivity contribution is 5.78. The second-order valence-electron chi connectivity index (χ2n) is 7.51. The molecule has 1 atom stereocenters. The Labute approximate surface area is 159 Å². The van der Waals surface area contributed by atoms with Crippen molar-refractivity contribution in [3.8, 4) is 0 Å². The average molecular weight is 365 g/mol. The third-order valence-electron chi connectivity index (χ3n) is 5.79. The highest BCUT2D eigenvalue weighted by Gasteiger charge is 2.30. The lowest BCUT2D eigenvalue weighted by atomic mass is 10.00. The predicted octanol–water partition coefficient (Wildman–Crippen LogP) is 3.60. The van der Waals surface area contributed by atoms with Gasteiger partial charge in [0.05, 0.1) is 22.8 Å². The van der Waals surface area contributed by atoms with Crippen LogP contribution in [0, 0.1) is 13.8 Å². The number of aromatic amines is 1. The molecule has 1 unspecified atom stereocenters. The third kappa shape index (κ3) is 3.36. The van der Waals surface area contributed by atoms with E-state index >= 15 is 0 Å². The second-order valence-corrected chi connectivity index (χ2v) is 7.51. The Morgan fingerprint density at radius 2 is 2.07 bits per heavy atom. The molecule has 142 valence electrons. The Morgan fingerprint density at radius 1 is 1.26 bits per heavy atom. The van der Waals surface area contributed by atoms with Crippen LogP contribution in [0.25, 0.3) is 11.0 Å². The van der Waals surface area contributed by atoms with Gasteiger partial charge < -0.3 is 9.88 Å². The van der Waals surface area contributed by atoms with Gasteiger partial charge in [0, 0.05) is 25.7 Å². The van der Waals surface area contributed by atoms with Gasteiger partial charge in [-0.15, -0.1) is 0 Å². The summed E-state index contributed by atoms with van der Waals surface area (Å²) in [6.07, 6.45) is 4.42. The van der Waals surface area contributed by atoms with E-state index in [2.05, 4.69) is 17.0 Å². The normalized spacial score (nSPS) is 17.6. The van der Waals surface area contributed by atoms with Gasteiger partial charge in [0.1, 0.15) is 5.82 Å². The first-order valence-electron chi connectivity index (χ1n) is 9.78. The van der Waals surface area contributed by atoms with Gasteiger partial charge in [-0.3, -0.25) is 9.48 Å². The van der Waals surface area contributed by atoms with Gasteiger partial charge in [0.2, 0.25) is 5.91 Å². The predicted molar refractivity (Wildman–Crippen MR) is 105 cm³/mol. The number of nitrogens with one attached hydrogen (secondary N) is 1. The topological polar surface area (TPSA) is 66.8 Å². The summed E-state index contributed by atoms with van der Waals surface area (Å²) in [6.45, 7) is 4.90. The van der Waals surface area contributed by atoms with Crippen LogP contribution in [0.4, 0.5) is 0 Å². The van der Waals surface area contributed by atoms with Crippen molar-refractivity contribution in [3.63, 3.8) is 0 Å². The van der Waals surface area contributed by atoms with Crippen LogP contribution < -0.4 is 0 Å². The molecule has 1 aliphatic heterocycles. The van der Waals surface area contributed by atoms with Gasteiger partial charge in [-0.05, 0) is 57.2 Å². The fourth-order valence-electron chi connectivity index (χ4n) is 4.20. The van der Waals surface area contributed by atoms with E-state index in [1.165, 1.54) is 5.56 Å². The summed E-state index contributed by atoms with van der Waals surface area (Å²) in [5, 5.41) is 4.46. The number of para-hydroxylation sites is 2. The minimum atomic E-state index is 0.0507. The maximum atomic E-state index is 13.1. The molecule has 0 spiro atoms. The van der Waals surface area contributed by atoms with Gasteiger partial charge >= 0.3 is 0 Å². The first kappa shape index (κ1) is 17.8. The number of fused-ring (bicyclic) bond motifs is 1. The smallest absolute Gasteiger partial charge is 0.223 e. The van der Waals surface area contributed by atoms with Gasteiger partial charge in [-0.25, -0.2) is 4.98 Å². The summed E-state index contributed by atoms with van der Waals surface area (Å²) in [7, 11) is 1.95. The van der Waals surface area contributed by atoms with E-state index in [-0.39, 0.29) is 11.9 Å². The summed E-state index contributed by atoms with van der Waals surface area (Å²) in [4.78, 5) is 23.3. The molecular weight excluding hydrogens is 338 g/mol. The van der Waals surface area contributed by atoms with Gasteiger partial charge in [-0.1, -0.05) is 12.1 Å². The van der Waals surface area contributed by atoms with Crippen LogP contribution in [0.5, 0.6) is 0 Å². The Morgan fingerprint density at radius 3 is 2.81 bits per heavy atom. The van der Waals surface area contributed by atoms with E-state index < -0.39 is 0 Å². The van der Waals surface area contributed by atoms with Gasteiger partial charge in [-0.2, -0.15) is 5.10 Å². The molecule has 3 heterocycles. The van der Waals surface area contributed by atoms with Crippen molar-refractivity contribution < 1.29 is 4.79 Å². The van der Waals surface area contributed by atoms with Crippen LogP contribution in [0.15, 0.2) is 24.3 Å². The standard InChI is InChI=1S/C21H27N5O/c1-14-16(15(2)25(3)24-14)11-12-20(27)26-13-7-6-10-19(26)21-22-17-8-4-5-9-18(17)23-21/h4-5,8-9,19H,6-7,10-13H2,1-3H3,(H,22,23). The van der Waals surface area contributed by atoms with Crippen LogP contribution >= 0.6 is 0 Å². The molecule has 0 bridgehead atoms. The molecule has 1 fully saturated rings. The summed E-state index contributed by atoms with van der Waals surface area (Å²) >= 11 is 0. The molecule has 27 heavy (non-hydrogen) atoms. The maximum absolute atomic E-state index is 13.1. The number of amides is 1. The summed E-state index contributed by atoms with van der Waals surface area (Å²) in [6, 6.07) is 8.10. The number of benzene rings is 1. The van der Waals surface area contributed by atoms with Crippen molar-refractivity contribution in [2.24, 2.45) is 7.05 Å². The number of rotatable bonds is 4. The molecule has 1 aliphatic rings. The number of hydrogen-bond donors (Lipinski definition) is 1. The molecular formula is C21H27N5O. The quantitative estimate of drug-likeness (QED) is 0.768. The average Bonchev–Trinajstić information content (AvgIpc) is 3.21.